The van der Waals surface area contributed by atoms with Gasteiger partial charge in [-0.05, 0) is 41.7 Å². The Kier molecular flexibility index (Phi) is 3.29. The number of carbonyl (C=O) groups is 1. The van der Waals surface area contributed by atoms with E-state index in [9.17, 15) is 9.59 Å². The van der Waals surface area contributed by atoms with Gasteiger partial charge >= 0.3 is 0 Å². The standard InChI is InChI=1S/C20H20N4O2/c1-13(25)23-9-14-6-17(12-23)18-7-16(8-20(26)24(18)10-14)15-2-3-19-21-4-5-22(19)11-15/h2-5,7-8,11,14,17H,6,9-10,12H2,1H3/t14-,17+/m0/s1. The molecule has 6 heteroatoms. The van der Waals surface area contributed by atoms with Crippen LogP contribution in [-0.4, -0.2) is 37.8 Å². The van der Waals surface area contributed by atoms with E-state index in [1.807, 2.05) is 38.4 Å². The first-order chi connectivity index (χ1) is 12.6. The summed E-state index contributed by atoms with van der Waals surface area (Å²) in [5.74, 6) is 0.726. The Labute approximate surface area is 150 Å². The summed E-state index contributed by atoms with van der Waals surface area (Å²) in [6.45, 7) is 3.80. The fraction of sp³-hybridized carbons (Fsp3) is 0.350. The Hall–Kier alpha value is -2.89. The Morgan fingerprint density at radius 2 is 2.04 bits per heavy atom. The third kappa shape index (κ3) is 2.36. The smallest absolute Gasteiger partial charge is 0.251 e. The van der Waals surface area contributed by atoms with Crippen LogP contribution in [0.2, 0.25) is 0 Å². The van der Waals surface area contributed by atoms with Gasteiger partial charge in [0.1, 0.15) is 5.65 Å². The number of amides is 1. The predicted octanol–water partition coefficient (Wildman–Crippen LogP) is 2.13. The highest BCUT2D eigenvalue weighted by molar-refractivity contribution is 5.73. The molecule has 26 heavy (non-hydrogen) atoms. The molecule has 3 aromatic rings. The number of carbonyl (C=O) groups excluding carboxylic acids is 1. The van der Waals surface area contributed by atoms with E-state index in [-0.39, 0.29) is 17.4 Å². The van der Waals surface area contributed by atoms with Gasteiger partial charge in [0.15, 0.2) is 0 Å². The molecule has 2 aliphatic rings. The highest BCUT2D eigenvalue weighted by Gasteiger charge is 2.35. The van der Waals surface area contributed by atoms with Crippen LogP contribution in [0.5, 0.6) is 0 Å². The quantitative estimate of drug-likeness (QED) is 0.677. The topological polar surface area (TPSA) is 59.6 Å². The van der Waals surface area contributed by atoms with Gasteiger partial charge in [-0.1, -0.05) is 0 Å². The summed E-state index contributed by atoms with van der Waals surface area (Å²) < 4.78 is 3.87. The molecule has 2 aliphatic heterocycles. The van der Waals surface area contributed by atoms with Crippen LogP contribution >= 0.6 is 0 Å². The zero-order valence-electron chi connectivity index (χ0n) is 14.6. The molecule has 0 aliphatic carbocycles. The molecule has 3 aromatic heterocycles. The van der Waals surface area contributed by atoms with Crippen LogP contribution in [0.25, 0.3) is 16.8 Å². The Morgan fingerprint density at radius 3 is 2.88 bits per heavy atom. The molecule has 1 amide bonds. The second kappa shape index (κ2) is 5.56. The maximum absolute atomic E-state index is 12.8. The van der Waals surface area contributed by atoms with Gasteiger partial charge in [-0.25, -0.2) is 4.98 Å². The monoisotopic (exact) mass is 348 g/mol. The highest BCUT2D eigenvalue weighted by atomic mass is 16.2. The molecule has 0 radical (unpaired) electrons. The molecule has 0 aromatic carbocycles. The molecule has 2 bridgehead atoms. The van der Waals surface area contributed by atoms with Crippen LogP contribution in [0.3, 0.4) is 0 Å². The molecule has 2 atom stereocenters. The number of imidazole rings is 1. The van der Waals surface area contributed by atoms with Gasteiger partial charge in [0, 0.05) is 62.8 Å². The SMILES string of the molecule is CC(=O)N1C[C@@H]2C[C@H](C1)c1cc(-c3ccc4nccn4c3)cc(=O)n1C2. The lowest BCUT2D eigenvalue weighted by Crippen LogP contribution is -2.48. The normalized spacial score (nSPS) is 21.7. The molecule has 1 saturated heterocycles. The van der Waals surface area contributed by atoms with E-state index >= 15 is 0 Å². The molecule has 1 fully saturated rings. The molecular weight excluding hydrogens is 328 g/mol. The number of piperidine rings is 1. The first-order valence-electron chi connectivity index (χ1n) is 9.02. The van der Waals surface area contributed by atoms with Gasteiger partial charge < -0.3 is 13.9 Å². The number of aromatic nitrogens is 3. The minimum Gasteiger partial charge on any atom is -0.342 e. The number of likely N-dealkylation sites (tertiary alicyclic amines) is 1. The van der Waals surface area contributed by atoms with Gasteiger partial charge in [0.25, 0.3) is 5.56 Å². The average molecular weight is 348 g/mol. The van der Waals surface area contributed by atoms with Crippen LogP contribution in [0.4, 0.5) is 0 Å². The average Bonchev–Trinajstić information content (AvgIpc) is 3.10. The Bertz CT molecular complexity index is 1080. The van der Waals surface area contributed by atoms with Gasteiger partial charge in [-0.2, -0.15) is 0 Å². The van der Waals surface area contributed by atoms with Crippen LogP contribution in [-0.2, 0) is 11.3 Å². The summed E-state index contributed by atoms with van der Waals surface area (Å²) >= 11 is 0. The largest absolute Gasteiger partial charge is 0.342 e. The lowest BCUT2D eigenvalue weighted by molar-refractivity contribution is -0.131. The van der Waals surface area contributed by atoms with Gasteiger partial charge in [0.05, 0.1) is 0 Å². The van der Waals surface area contributed by atoms with E-state index in [2.05, 4.69) is 11.1 Å². The summed E-state index contributed by atoms with van der Waals surface area (Å²) in [5.41, 5.74) is 3.91. The molecule has 0 N–H and O–H groups in total. The zero-order valence-corrected chi connectivity index (χ0v) is 14.6. The van der Waals surface area contributed by atoms with Crippen LogP contribution < -0.4 is 5.56 Å². The molecule has 0 spiro atoms. The maximum Gasteiger partial charge on any atom is 0.251 e. The van der Waals surface area contributed by atoms with Crippen molar-refractivity contribution in [3.8, 4) is 11.1 Å². The fourth-order valence-corrected chi connectivity index (χ4v) is 4.47. The predicted molar refractivity (Wildman–Crippen MR) is 98.0 cm³/mol. The second-order valence-corrected chi connectivity index (χ2v) is 7.45. The molecular formula is C20H20N4O2. The van der Waals surface area contributed by atoms with Gasteiger partial charge in [-0.3, -0.25) is 9.59 Å². The van der Waals surface area contributed by atoms with Gasteiger partial charge in [-0.15, -0.1) is 0 Å². The van der Waals surface area contributed by atoms with Crippen LogP contribution in [0, 0.1) is 5.92 Å². The van der Waals surface area contributed by atoms with Crippen molar-refractivity contribution in [2.75, 3.05) is 13.1 Å². The summed E-state index contributed by atoms with van der Waals surface area (Å²) in [7, 11) is 0. The lowest BCUT2D eigenvalue weighted by atomic mass is 9.82. The summed E-state index contributed by atoms with van der Waals surface area (Å²) in [6, 6.07) is 7.82. The minimum atomic E-state index is 0.0502. The molecule has 132 valence electrons. The minimum absolute atomic E-state index is 0.0502. The molecule has 0 saturated carbocycles. The number of hydrogen-bond donors (Lipinski definition) is 0. The fourth-order valence-electron chi connectivity index (χ4n) is 4.47. The zero-order chi connectivity index (χ0) is 17.8. The van der Waals surface area contributed by atoms with Crippen molar-refractivity contribution < 1.29 is 4.79 Å². The summed E-state index contributed by atoms with van der Waals surface area (Å²) in [6.07, 6.45) is 6.72. The third-order valence-corrected chi connectivity index (χ3v) is 5.72. The van der Waals surface area contributed by atoms with Crippen molar-refractivity contribution in [1.82, 2.24) is 18.9 Å². The number of pyridine rings is 2. The van der Waals surface area contributed by atoms with Crippen molar-refractivity contribution in [3.63, 3.8) is 0 Å². The Balaban J connectivity index is 1.60. The van der Waals surface area contributed by atoms with Gasteiger partial charge in [0.2, 0.25) is 5.91 Å². The third-order valence-electron chi connectivity index (χ3n) is 5.72. The number of hydrogen-bond acceptors (Lipinski definition) is 3. The van der Waals surface area contributed by atoms with E-state index in [4.69, 9.17) is 0 Å². The van der Waals surface area contributed by atoms with Crippen LogP contribution in [0.1, 0.15) is 25.0 Å². The van der Waals surface area contributed by atoms with Crippen molar-refractivity contribution >= 4 is 11.6 Å². The first kappa shape index (κ1) is 15.4. The van der Waals surface area contributed by atoms with E-state index in [0.717, 1.165) is 35.4 Å². The molecule has 6 nitrogen and oxygen atoms in total. The second-order valence-electron chi connectivity index (χ2n) is 7.45. The number of nitrogens with zero attached hydrogens (tertiary/aromatic N) is 4. The summed E-state index contributed by atoms with van der Waals surface area (Å²) in [5, 5.41) is 0. The number of rotatable bonds is 1. The van der Waals surface area contributed by atoms with Crippen molar-refractivity contribution in [1.29, 1.82) is 0 Å². The van der Waals surface area contributed by atoms with E-state index in [1.54, 1.807) is 19.2 Å². The van der Waals surface area contributed by atoms with Crippen molar-refractivity contribution in [2.45, 2.75) is 25.8 Å². The van der Waals surface area contributed by atoms with E-state index < -0.39 is 0 Å². The molecule has 5 heterocycles. The summed E-state index contributed by atoms with van der Waals surface area (Å²) in [4.78, 5) is 30.8. The van der Waals surface area contributed by atoms with Crippen LogP contribution in [0.15, 0.2) is 47.7 Å². The lowest BCUT2D eigenvalue weighted by Gasteiger charge is -2.42. The van der Waals surface area contributed by atoms with Crippen molar-refractivity contribution in [3.05, 3.63) is 58.9 Å². The first-order valence-corrected chi connectivity index (χ1v) is 9.02. The maximum atomic E-state index is 12.8. The molecule has 0 unspecified atom stereocenters. The van der Waals surface area contributed by atoms with Crippen molar-refractivity contribution in [2.24, 2.45) is 5.92 Å². The molecule has 5 rings (SSSR count). The van der Waals surface area contributed by atoms with E-state index in [0.29, 0.717) is 19.0 Å². The number of fused-ring (bicyclic) bond motifs is 5. The Morgan fingerprint density at radius 1 is 1.15 bits per heavy atom. The highest BCUT2D eigenvalue weighted by Crippen LogP contribution is 2.36. The van der Waals surface area contributed by atoms with E-state index in [1.165, 1.54) is 0 Å².